The highest BCUT2D eigenvalue weighted by Gasteiger charge is 2.24. The normalized spacial score (nSPS) is 21.6. The van der Waals surface area contributed by atoms with Crippen LogP contribution in [-0.2, 0) is 24.2 Å². The number of aromatic nitrogens is 2. The molecule has 0 saturated carbocycles. The van der Waals surface area contributed by atoms with E-state index in [9.17, 15) is 0 Å². The van der Waals surface area contributed by atoms with E-state index in [-0.39, 0.29) is 6.10 Å². The summed E-state index contributed by atoms with van der Waals surface area (Å²) in [5.74, 6) is 1.44. The van der Waals surface area contributed by atoms with E-state index < -0.39 is 0 Å². The Morgan fingerprint density at radius 1 is 0.914 bits per heavy atom. The monoisotopic (exact) mass is 472 g/mol. The zero-order valence-corrected chi connectivity index (χ0v) is 20.5. The predicted octanol–water partition coefficient (Wildman–Crippen LogP) is 4.21. The molecule has 1 aromatic heterocycles. The Bertz CT molecular complexity index is 1030. The van der Waals surface area contributed by atoms with Gasteiger partial charge in [-0.25, -0.2) is 0 Å². The lowest BCUT2D eigenvalue weighted by Gasteiger charge is -2.24. The van der Waals surface area contributed by atoms with Crippen LogP contribution < -0.4 is 4.74 Å². The van der Waals surface area contributed by atoms with Crippen molar-refractivity contribution in [2.75, 3.05) is 39.4 Å². The smallest absolute Gasteiger partial charge is 0.119 e. The summed E-state index contributed by atoms with van der Waals surface area (Å²) in [5.41, 5.74) is 3.74. The number of hydrogen-bond donors (Lipinski definition) is 0. The molecule has 0 N–H and O–H groups in total. The van der Waals surface area contributed by atoms with Gasteiger partial charge in [-0.15, -0.1) is 0 Å². The fraction of sp³-hybridized carbons (Fsp3) is 0.448. The van der Waals surface area contributed by atoms with Crippen LogP contribution in [-0.4, -0.2) is 65.3 Å². The number of ether oxygens (including phenoxy) is 2. The fourth-order valence-electron chi connectivity index (χ4n) is 5.20. The van der Waals surface area contributed by atoms with Gasteiger partial charge in [-0.05, 0) is 48.4 Å². The summed E-state index contributed by atoms with van der Waals surface area (Å²) in [6.07, 6.45) is 8.87. The van der Waals surface area contributed by atoms with E-state index in [0.717, 1.165) is 76.6 Å². The molecule has 2 aliphatic rings. The van der Waals surface area contributed by atoms with E-state index in [1.54, 1.807) is 12.4 Å². The molecule has 5 rings (SSSR count). The lowest BCUT2D eigenvalue weighted by Crippen LogP contribution is -2.30. The first-order chi connectivity index (χ1) is 17.3. The molecule has 6 nitrogen and oxygen atoms in total. The molecule has 3 heterocycles. The van der Waals surface area contributed by atoms with Crippen molar-refractivity contribution in [2.24, 2.45) is 5.92 Å². The predicted molar refractivity (Wildman–Crippen MR) is 137 cm³/mol. The molecule has 0 aliphatic carbocycles. The van der Waals surface area contributed by atoms with Gasteiger partial charge >= 0.3 is 0 Å². The summed E-state index contributed by atoms with van der Waals surface area (Å²) in [4.78, 5) is 14.0. The van der Waals surface area contributed by atoms with Crippen LogP contribution >= 0.6 is 0 Å². The van der Waals surface area contributed by atoms with Crippen LogP contribution in [0.15, 0.2) is 73.2 Å². The van der Waals surface area contributed by atoms with Gasteiger partial charge in [0.2, 0.25) is 0 Å². The quantitative estimate of drug-likeness (QED) is 0.465. The second-order valence-corrected chi connectivity index (χ2v) is 9.82. The molecular formula is C29H36N4O2. The Morgan fingerprint density at radius 3 is 2.46 bits per heavy atom. The third-order valence-corrected chi connectivity index (χ3v) is 6.89. The molecule has 0 radical (unpaired) electrons. The van der Waals surface area contributed by atoms with Crippen molar-refractivity contribution < 1.29 is 9.47 Å². The van der Waals surface area contributed by atoms with Gasteiger partial charge in [0.05, 0.1) is 11.8 Å². The van der Waals surface area contributed by atoms with Crippen LogP contribution in [0.3, 0.4) is 0 Å². The third-order valence-electron chi connectivity index (χ3n) is 6.89. The van der Waals surface area contributed by atoms with Crippen molar-refractivity contribution in [3.05, 3.63) is 90.0 Å². The van der Waals surface area contributed by atoms with Crippen molar-refractivity contribution in [3.8, 4) is 5.75 Å². The van der Waals surface area contributed by atoms with Crippen LogP contribution in [0.5, 0.6) is 5.75 Å². The lowest BCUT2D eigenvalue weighted by molar-refractivity contribution is 0.0679. The highest BCUT2D eigenvalue weighted by molar-refractivity contribution is 5.28. The minimum absolute atomic E-state index is 0.238. The molecule has 2 aromatic carbocycles. The number of benzene rings is 2. The molecule has 0 bridgehead atoms. The van der Waals surface area contributed by atoms with Crippen LogP contribution in [0, 0.1) is 5.92 Å². The SMILES string of the molecule is c1ccc(CN2CCN(Cc3cccc(OC[C@@H]4CCCO4)c3)C[C@@H](Cc3cnccn3)C2)cc1. The van der Waals surface area contributed by atoms with Crippen LogP contribution in [0.1, 0.15) is 29.7 Å². The largest absolute Gasteiger partial charge is 0.491 e. The van der Waals surface area contributed by atoms with Gasteiger partial charge in [0.1, 0.15) is 12.4 Å². The van der Waals surface area contributed by atoms with Crippen LogP contribution in [0.4, 0.5) is 0 Å². The second-order valence-electron chi connectivity index (χ2n) is 9.82. The maximum atomic E-state index is 6.06. The van der Waals surface area contributed by atoms with Crippen molar-refractivity contribution >= 4 is 0 Å². The standard InChI is InChI=1S/C29H36N4O2/c1-2-6-24(7-3-1)19-32-13-14-33(22-26(21-32)16-27-18-30-11-12-31-27)20-25-8-4-9-28(17-25)35-23-29-10-5-15-34-29/h1-4,6-9,11-12,17-18,26,29H,5,10,13-16,19-23H2/t26-,29-/m0/s1. The van der Waals surface area contributed by atoms with Gasteiger partial charge < -0.3 is 9.47 Å². The molecule has 2 saturated heterocycles. The maximum absolute atomic E-state index is 6.06. The van der Waals surface area contributed by atoms with E-state index in [1.807, 2.05) is 6.20 Å². The summed E-state index contributed by atoms with van der Waals surface area (Å²) in [6.45, 7) is 7.62. The number of nitrogens with zero attached hydrogens (tertiary/aromatic N) is 4. The molecule has 0 spiro atoms. The van der Waals surface area contributed by atoms with E-state index in [0.29, 0.717) is 12.5 Å². The third kappa shape index (κ3) is 7.34. The Balaban J connectivity index is 1.24. The number of hydrogen-bond acceptors (Lipinski definition) is 6. The van der Waals surface area contributed by atoms with Gasteiger partial charge in [0.15, 0.2) is 0 Å². The molecule has 184 valence electrons. The van der Waals surface area contributed by atoms with Gasteiger partial charge in [-0.2, -0.15) is 0 Å². The summed E-state index contributed by atoms with van der Waals surface area (Å²) >= 11 is 0. The summed E-state index contributed by atoms with van der Waals surface area (Å²) in [5, 5.41) is 0. The molecule has 6 heteroatoms. The highest BCUT2D eigenvalue weighted by atomic mass is 16.5. The van der Waals surface area contributed by atoms with Gasteiger partial charge in [-0.3, -0.25) is 19.8 Å². The van der Waals surface area contributed by atoms with Crippen molar-refractivity contribution in [3.63, 3.8) is 0 Å². The highest BCUT2D eigenvalue weighted by Crippen LogP contribution is 2.21. The van der Waals surface area contributed by atoms with Crippen molar-refractivity contribution in [1.29, 1.82) is 0 Å². The van der Waals surface area contributed by atoms with Gasteiger partial charge in [0, 0.05) is 64.5 Å². The second kappa shape index (κ2) is 12.2. The van der Waals surface area contributed by atoms with Crippen molar-refractivity contribution in [2.45, 2.75) is 38.5 Å². The Labute approximate surface area is 208 Å². The Kier molecular flexibility index (Phi) is 8.37. The van der Waals surface area contributed by atoms with Gasteiger partial charge in [0.25, 0.3) is 0 Å². The molecule has 0 unspecified atom stereocenters. The molecular weight excluding hydrogens is 436 g/mol. The molecule has 0 amide bonds. The van der Waals surface area contributed by atoms with E-state index in [2.05, 4.69) is 74.4 Å². The van der Waals surface area contributed by atoms with E-state index >= 15 is 0 Å². The molecule has 3 aromatic rings. The topological polar surface area (TPSA) is 50.7 Å². The first kappa shape index (κ1) is 23.9. The minimum Gasteiger partial charge on any atom is -0.491 e. The molecule has 2 atom stereocenters. The minimum atomic E-state index is 0.238. The summed E-state index contributed by atoms with van der Waals surface area (Å²) in [7, 11) is 0. The molecule has 2 aliphatic heterocycles. The lowest BCUT2D eigenvalue weighted by atomic mass is 10.0. The average Bonchev–Trinajstić information content (AvgIpc) is 3.34. The zero-order chi connectivity index (χ0) is 23.7. The first-order valence-electron chi connectivity index (χ1n) is 12.9. The fourth-order valence-corrected chi connectivity index (χ4v) is 5.20. The summed E-state index contributed by atoms with van der Waals surface area (Å²) < 4.78 is 11.8. The average molecular weight is 473 g/mol. The van der Waals surface area contributed by atoms with Crippen molar-refractivity contribution in [1.82, 2.24) is 19.8 Å². The summed E-state index contributed by atoms with van der Waals surface area (Å²) in [6, 6.07) is 19.4. The first-order valence-corrected chi connectivity index (χ1v) is 12.9. The Morgan fingerprint density at radius 2 is 1.71 bits per heavy atom. The molecule has 35 heavy (non-hydrogen) atoms. The zero-order valence-electron chi connectivity index (χ0n) is 20.5. The van der Waals surface area contributed by atoms with Crippen LogP contribution in [0.25, 0.3) is 0 Å². The van der Waals surface area contributed by atoms with E-state index in [1.165, 1.54) is 11.1 Å². The Hall–Kier alpha value is -2.80. The van der Waals surface area contributed by atoms with Crippen LogP contribution in [0.2, 0.25) is 0 Å². The number of rotatable bonds is 9. The molecule has 2 fully saturated rings. The maximum Gasteiger partial charge on any atom is 0.119 e. The van der Waals surface area contributed by atoms with E-state index in [4.69, 9.17) is 9.47 Å². The van der Waals surface area contributed by atoms with Gasteiger partial charge in [-0.1, -0.05) is 42.5 Å².